The Bertz CT molecular complexity index is 1130. The molecule has 0 aromatic heterocycles. The number of carbonyl (C=O) groups is 1. The molecule has 1 fully saturated rings. The van der Waals surface area contributed by atoms with Gasteiger partial charge in [0, 0.05) is 59.8 Å². The Morgan fingerprint density at radius 1 is 1.29 bits per heavy atom. The molecule has 6 nitrogen and oxygen atoms in total. The summed E-state index contributed by atoms with van der Waals surface area (Å²) < 4.78 is 5.45. The van der Waals surface area contributed by atoms with Gasteiger partial charge in [0.1, 0.15) is 0 Å². The van der Waals surface area contributed by atoms with E-state index >= 15 is 0 Å². The van der Waals surface area contributed by atoms with Crippen molar-refractivity contribution in [3.8, 4) is 6.07 Å². The molecule has 0 spiro atoms. The lowest BCUT2D eigenvalue weighted by Crippen LogP contribution is -2.39. The van der Waals surface area contributed by atoms with Gasteiger partial charge in [-0.2, -0.15) is 5.26 Å². The fourth-order valence-corrected chi connectivity index (χ4v) is 5.00. The number of ketones is 1. The Morgan fingerprint density at radius 2 is 2.06 bits per heavy atom. The number of nitrogens with zero attached hydrogens (tertiary/aromatic N) is 2. The van der Waals surface area contributed by atoms with Crippen molar-refractivity contribution in [2.24, 2.45) is 0 Å². The highest BCUT2D eigenvalue weighted by molar-refractivity contribution is 6.12. The highest BCUT2D eigenvalue weighted by Crippen LogP contribution is 2.43. The predicted octanol–water partition coefficient (Wildman–Crippen LogP) is 4.23. The first-order chi connectivity index (χ1) is 16.3. The molecule has 0 unspecified atom stereocenters. The van der Waals surface area contributed by atoms with Gasteiger partial charge in [0.15, 0.2) is 5.78 Å². The molecule has 178 valence electrons. The summed E-state index contributed by atoms with van der Waals surface area (Å²) in [7, 11) is 0. The summed E-state index contributed by atoms with van der Waals surface area (Å²) in [5, 5.41) is 16.4. The number of morpholine rings is 1. The Morgan fingerprint density at radius 3 is 2.76 bits per heavy atom. The number of hydrogen-bond donors (Lipinski definition) is 2. The van der Waals surface area contributed by atoms with Crippen LogP contribution in [0.15, 0.2) is 59.5 Å². The molecule has 1 aromatic carbocycles. The van der Waals surface area contributed by atoms with E-state index in [1.165, 1.54) is 0 Å². The maximum Gasteiger partial charge on any atom is 0.191 e. The zero-order valence-electron chi connectivity index (χ0n) is 20.5. The maximum absolute atomic E-state index is 13.7. The Hall–Kier alpha value is -3.14. The predicted molar refractivity (Wildman–Crippen MR) is 136 cm³/mol. The number of allylic oxidation sites excluding steroid dienone is 6. The number of nitriles is 1. The number of hydrogen-bond acceptors (Lipinski definition) is 6. The molecule has 0 radical (unpaired) electrons. The van der Waals surface area contributed by atoms with Gasteiger partial charge in [0.25, 0.3) is 0 Å². The highest BCUT2D eigenvalue weighted by Gasteiger charge is 2.39. The second-order valence-electron chi connectivity index (χ2n) is 9.57. The van der Waals surface area contributed by atoms with Crippen molar-refractivity contribution in [3.63, 3.8) is 0 Å². The second-order valence-corrected chi connectivity index (χ2v) is 9.57. The van der Waals surface area contributed by atoms with Crippen LogP contribution in [-0.4, -0.2) is 50.1 Å². The van der Waals surface area contributed by atoms with Crippen LogP contribution in [0, 0.1) is 11.3 Å². The van der Waals surface area contributed by atoms with Crippen LogP contribution < -0.4 is 10.6 Å². The SMILES string of the molecule is C=C1/C=C(C#N)\C=C/CC2=C(N1)C(C)(C)c1cc(NCCN3CCOCC3)c(CC)cc1C2=O. The number of aryl methyl sites for hydroxylation is 1. The summed E-state index contributed by atoms with van der Waals surface area (Å²) in [5.41, 5.74) is 6.31. The topological polar surface area (TPSA) is 77.4 Å². The van der Waals surface area contributed by atoms with E-state index < -0.39 is 5.41 Å². The minimum Gasteiger partial charge on any atom is -0.384 e. The van der Waals surface area contributed by atoms with Crippen molar-refractivity contribution >= 4 is 11.5 Å². The van der Waals surface area contributed by atoms with E-state index in [0.29, 0.717) is 17.7 Å². The number of ether oxygens (including phenoxy) is 1. The van der Waals surface area contributed by atoms with Crippen LogP contribution in [-0.2, 0) is 16.6 Å². The normalized spacial score (nSPS) is 22.7. The smallest absolute Gasteiger partial charge is 0.191 e. The van der Waals surface area contributed by atoms with Gasteiger partial charge < -0.3 is 15.4 Å². The lowest BCUT2D eigenvalue weighted by molar-refractivity contribution is 0.0398. The molecule has 6 heteroatoms. The maximum atomic E-state index is 13.7. The van der Waals surface area contributed by atoms with E-state index in [0.717, 1.165) is 79.5 Å². The summed E-state index contributed by atoms with van der Waals surface area (Å²) >= 11 is 0. The minimum absolute atomic E-state index is 0.0456. The first-order valence-electron chi connectivity index (χ1n) is 12.1. The van der Waals surface area contributed by atoms with Gasteiger partial charge in [-0.05, 0) is 48.3 Å². The summed E-state index contributed by atoms with van der Waals surface area (Å²) in [6.45, 7) is 15.8. The van der Waals surface area contributed by atoms with Crippen LogP contribution in [0.25, 0.3) is 0 Å². The van der Waals surface area contributed by atoms with Crippen LogP contribution in [0.4, 0.5) is 5.69 Å². The number of fused-ring (bicyclic) bond motifs is 1. The van der Waals surface area contributed by atoms with E-state index in [-0.39, 0.29) is 5.78 Å². The first kappa shape index (κ1) is 24.0. The molecule has 1 aromatic rings. The third-order valence-corrected chi connectivity index (χ3v) is 6.95. The number of anilines is 1. The molecule has 4 rings (SSSR count). The largest absolute Gasteiger partial charge is 0.384 e. The van der Waals surface area contributed by atoms with Gasteiger partial charge in [-0.3, -0.25) is 9.69 Å². The number of nitrogens with one attached hydrogen (secondary N) is 2. The monoisotopic (exact) mass is 458 g/mol. The van der Waals surface area contributed by atoms with Gasteiger partial charge in [0.2, 0.25) is 0 Å². The van der Waals surface area contributed by atoms with Crippen LogP contribution in [0.2, 0.25) is 0 Å². The van der Waals surface area contributed by atoms with Crippen molar-refractivity contribution in [1.29, 1.82) is 5.26 Å². The molecule has 2 heterocycles. The van der Waals surface area contributed by atoms with Crippen molar-refractivity contribution in [1.82, 2.24) is 10.2 Å². The van der Waals surface area contributed by atoms with Gasteiger partial charge in [-0.15, -0.1) is 0 Å². The first-order valence-corrected chi connectivity index (χ1v) is 12.1. The van der Waals surface area contributed by atoms with E-state index in [1.807, 2.05) is 6.08 Å². The molecular weight excluding hydrogens is 424 g/mol. The zero-order valence-corrected chi connectivity index (χ0v) is 20.5. The minimum atomic E-state index is -0.423. The summed E-state index contributed by atoms with van der Waals surface area (Å²) in [4.78, 5) is 16.1. The van der Waals surface area contributed by atoms with E-state index in [2.05, 4.69) is 61.1 Å². The van der Waals surface area contributed by atoms with Crippen molar-refractivity contribution < 1.29 is 9.53 Å². The Labute approximate surface area is 202 Å². The molecule has 2 N–H and O–H groups in total. The lowest BCUT2D eigenvalue weighted by atomic mass is 9.70. The summed E-state index contributed by atoms with van der Waals surface area (Å²) in [5.74, 6) is 0.0456. The average Bonchev–Trinajstić information content (AvgIpc) is 2.92. The van der Waals surface area contributed by atoms with Gasteiger partial charge in [-0.25, -0.2) is 0 Å². The number of rotatable bonds is 5. The Kier molecular flexibility index (Phi) is 7.06. The lowest BCUT2D eigenvalue weighted by Gasteiger charge is -2.38. The number of benzene rings is 1. The van der Waals surface area contributed by atoms with Crippen molar-refractivity contribution in [2.75, 3.05) is 44.7 Å². The van der Waals surface area contributed by atoms with Gasteiger partial charge in [0.05, 0.1) is 24.9 Å². The van der Waals surface area contributed by atoms with Gasteiger partial charge in [-0.1, -0.05) is 33.4 Å². The zero-order chi connectivity index (χ0) is 24.3. The summed E-state index contributed by atoms with van der Waals surface area (Å²) in [6.07, 6.45) is 6.69. The molecule has 3 aliphatic rings. The van der Waals surface area contributed by atoms with Crippen LogP contribution in [0.5, 0.6) is 0 Å². The third kappa shape index (κ3) is 4.72. The molecular formula is C28H34N4O2. The number of Topliss-reactive ketones (excluding diaryl/α,β-unsaturated/α-hetero) is 1. The molecule has 34 heavy (non-hydrogen) atoms. The molecule has 0 atom stereocenters. The summed E-state index contributed by atoms with van der Waals surface area (Å²) in [6, 6.07) is 6.42. The molecule has 0 amide bonds. The quantitative estimate of drug-likeness (QED) is 0.688. The third-order valence-electron chi connectivity index (χ3n) is 6.95. The van der Waals surface area contributed by atoms with E-state index in [4.69, 9.17) is 4.74 Å². The molecule has 2 aliphatic heterocycles. The van der Waals surface area contributed by atoms with Gasteiger partial charge >= 0.3 is 0 Å². The van der Waals surface area contributed by atoms with E-state index in [9.17, 15) is 10.1 Å². The standard InChI is InChI=1S/C28H34N4O2/c1-5-21-16-23-24(17-25(21)30-9-10-32-11-13-34-14-12-32)28(3,4)27-22(26(23)33)8-6-7-20(18-29)15-19(2)31-27/h6-7,15-17,30-31H,2,5,8-14H2,1,3-4H3/b7-6-,20-15+. The van der Waals surface area contributed by atoms with E-state index in [1.54, 1.807) is 12.2 Å². The van der Waals surface area contributed by atoms with Crippen molar-refractivity contribution in [3.05, 3.63) is 76.2 Å². The van der Waals surface area contributed by atoms with Crippen LogP contribution >= 0.6 is 0 Å². The molecule has 1 aliphatic carbocycles. The van der Waals surface area contributed by atoms with Crippen LogP contribution in [0.3, 0.4) is 0 Å². The highest BCUT2D eigenvalue weighted by atomic mass is 16.5. The average molecular weight is 459 g/mol. The molecule has 0 saturated carbocycles. The number of carbonyl (C=O) groups excluding carboxylic acids is 1. The second kappa shape index (κ2) is 10.0. The fourth-order valence-electron chi connectivity index (χ4n) is 5.00. The Balaban J connectivity index is 1.66. The fraction of sp³-hybridized carbons (Fsp3) is 0.429. The molecule has 0 bridgehead atoms. The van der Waals surface area contributed by atoms with Crippen molar-refractivity contribution in [2.45, 2.75) is 39.0 Å². The molecule has 1 saturated heterocycles. The van der Waals surface area contributed by atoms with Crippen LogP contribution in [0.1, 0.15) is 48.7 Å².